The molecule has 2 aliphatic carbocycles. The molecule has 0 aromatic rings. The Balaban J connectivity index is 1.75. The second-order valence-corrected chi connectivity index (χ2v) is 5.80. The third kappa shape index (κ3) is 1.72. The predicted octanol–water partition coefficient (Wildman–Crippen LogP) is -0.110. The van der Waals surface area contributed by atoms with E-state index in [-0.39, 0.29) is 17.9 Å². The van der Waals surface area contributed by atoms with Gasteiger partial charge in [-0.05, 0) is 39.0 Å². The molecule has 1 amide bonds. The lowest BCUT2D eigenvalue weighted by Gasteiger charge is -2.33. The molecule has 18 heavy (non-hydrogen) atoms. The molecule has 0 bridgehead atoms. The third-order valence-corrected chi connectivity index (χ3v) is 4.41. The molecule has 1 spiro atoms. The van der Waals surface area contributed by atoms with Crippen LogP contribution in [-0.2, 0) is 14.3 Å². The van der Waals surface area contributed by atoms with E-state index in [1.165, 1.54) is 0 Å². The van der Waals surface area contributed by atoms with Gasteiger partial charge in [-0.2, -0.15) is 0 Å². The Morgan fingerprint density at radius 2 is 1.94 bits per heavy atom. The minimum atomic E-state index is -1.10. The van der Waals surface area contributed by atoms with E-state index in [4.69, 9.17) is 4.74 Å². The number of rotatable bonds is 2. The predicted molar refractivity (Wildman–Crippen MR) is 60.1 cm³/mol. The first-order valence-corrected chi connectivity index (χ1v) is 6.74. The maximum atomic E-state index is 12.4. The van der Waals surface area contributed by atoms with Gasteiger partial charge in [0.2, 0.25) is 5.91 Å². The van der Waals surface area contributed by atoms with Gasteiger partial charge in [0.15, 0.2) is 0 Å². The Hall–Kier alpha value is -1.10. The average molecular weight is 252 g/mol. The van der Waals surface area contributed by atoms with Gasteiger partial charge in [0.1, 0.15) is 5.72 Å². The minimum absolute atomic E-state index is 0.0459. The molecule has 5 nitrogen and oxygen atoms in total. The van der Waals surface area contributed by atoms with Crippen molar-refractivity contribution in [1.82, 2.24) is 4.90 Å². The Labute approximate surface area is 106 Å². The molecule has 3 atom stereocenters. The molecular weight excluding hydrogens is 234 g/mol. The molecule has 0 N–H and O–H groups in total. The molecule has 0 radical (unpaired) electrons. The van der Waals surface area contributed by atoms with Crippen molar-refractivity contribution in [3.05, 3.63) is 0 Å². The summed E-state index contributed by atoms with van der Waals surface area (Å²) in [6, 6.07) is 0. The van der Waals surface area contributed by atoms with Gasteiger partial charge in [-0.25, -0.2) is 0 Å². The van der Waals surface area contributed by atoms with Gasteiger partial charge >= 0.3 is 0 Å². The van der Waals surface area contributed by atoms with E-state index in [0.29, 0.717) is 13.0 Å². The molecule has 3 rings (SSSR count). The Morgan fingerprint density at radius 3 is 2.50 bits per heavy atom. The topological polar surface area (TPSA) is 69.7 Å². The lowest BCUT2D eigenvalue weighted by atomic mass is 10.1. The van der Waals surface area contributed by atoms with E-state index in [1.807, 2.05) is 6.92 Å². The highest BCUT2D eigenvalue weighted by atomic mass is 16.5. The highest BCUT2D eigenvalue weighted by Crippen LogP contribution is 2.46. The van der Waals surface area contributed by atoms with Crippen LogP contribution < -0.4 is 5.11 Å². The third-order valence-electron chi connectivity index (χ3n) is 4.41. The van der Waals surface area contributed by atoms with E-state index in [0.717, 1.165) is 25.7 Å². The van der Waals surface area contributed by atoms with Crippen LogP contribution in [0.1, 0.15) is 39.0 Å². The number of ether oxygens (including phenoxy) is 1. The van der Waals surface area contributed by atoms with Crippen LogP contribution in [0, 0.1) is 11.8 Å². The fourth-order valence-corrected chi connectivity index (χ4v) is 3.43. The maximum absolute atomic E-state index is 12.4. The molecule has 3 aliphatic rings. The van der Waals surface area contributed by atoms with Crippen LogP contribution in [0.4, 0.5) is 0 Å². The zero-order valence-electron chi connectivity index (χ0n) is 10.6. The molecule has 1 heterocycles. The molecule has 3 fully saturated rings. The van der Waals surface area contributed by atoms with Crippen LogP contribution in [0.3, 0.4) is 0 Å². The van der Waals surface area contributed by atoms with Crippen molar-refractivity contribution in [3.8, 4) is 0 Å². The Bertz CT molecular complexity index is 388. The summed E-state index contributed by atoms with van der Waals surface area (Å²) in [5.41, 5.74) is -0.435. The molecule has 0 aromatic heterocycles. The summed E-state index contributed by atoms with van der Waals surface area (Å²) in [6.07, 6.45) is 4.39. The van der Waals surface area contributed by atoms with E-state index in [9.17, 15) is 14.7 Å². The number of aliphatic carboxylic acids is 1. The summed E-state index contributed by atoms with van der Waals surface area (Å²) >= 11 is 0. The van der Waals surface area contributed by atoms with Crippen LogP contribution in [0.5, 0.6) is 0 Å². The van der Waals surface area contributed by atoms with Crippen molar-refractivity contribution in [2.75, 3.05) is 6.54 Å². The largest absolute Gasteiger partial charge is 0.550 e. The number of carbonyl (C=O) groups is 2. The molecule has 100 valence electrons. The van der Waals surface area contributed by atoms with Gasteiger partial charge in [-0.1, -0.05) is 0 Å². The van der Waals surface area contributed by atoms with Gasteiger partial charge in [-0.15, -0.1) is 0 Å². The first kappa shape index (κ1) is 12.0. The van der Waals surface area contributed by atoms with E-state index in [2.05, 4.69) is 0 Å². The average Bonchev–Trinajstić information content (AvgIpc) is 2.90. The smallest absolute Gasteiger partial charge is 0.228 e. The SMILES string of the molecule is C[C@H]1CN(C(=O)[C@H]2C[C@@H]2C(=O)[O-])C2(CCCC2)O1. The fraction of sp³-hybridized carbons (Fsp3) is 0.846. The summed E-state index contributed by atoms with van der Waals surface area (Å²) in [6.45, 7) is 2.56. The Morgan fingerprint density at radius 1 is 1.28 bits per heavy atom. The normalized spacial score (nSPS) is 37.2. The lowest BCUT2D eigenvalue weighted by Crippen LogP contribution is -2.47. The molecule has 1 saturated heterocycles. The number of amides is 1. The van der Waals surface area contributed by atoms with Crippen molar-refractivity contribution in [2.45, 2.75) is 50.9 Å². The highest BCUT2D eigenvalue weighted by Gasteiger charge is 2.54. The van der Waals surface area contributed by atoms with Gasteiger partial charge in [0, 0.05) is 24.3 Å². The van der Waals surface area contributed by atoms with Gasteiger partial charge in [0.25, 0.3) is 0 Å². The number of hydrogen-bond donors (Lipinski definition) is 0. The number of hydrogen-bond acceptors (Lipinski definition) is 4. The van der Waals surface area contributed by atoms with Crippen LogP contribution in [-0.4, -0.2) is 35.2 Å². The lowest BCUT2D eigenvalue weighted by molar-refractivity contribution is -0.308. The standard InChI is InChI=1S/C13H19NO4/c1-8-7-14(13(18-8)4-2-3-5-13)11(15)9-6-10(9)12(16)17/h8-10H,2-7H2,1H3,(H,16,17)/p-1/t8-,9-,10-/m0/s1. The quantitative estimate of drug-likeness (QED) is 0.687. The zero-order chi connectivity index (χ0) is 12.9. The van der Waals surface area contributed by atoms with Gasteiger partial charge in [-0.3, -0.25) is 4.79 Å². The van der Waals surface area contributed by atoms with Crippen molar-refractivity contribution >= 4 is 11.9 Å². The van der Waals surface area contributed by atoms with E-state index in [1.54, 1.807) is 4.90 Å². The number of carboxylic acids is 1. The number of nitrogens with zero attached hydrogens (tertiary/aromatic N) is 1. The Kier molecular flexibility index (Phi) is 2.62. The molecule has 5 heteroatoms. The maximum Gasteiger partial charge on any atom is 0.228 e. The summed E-state index contributed by atoms with van der Waals surface area (Å²) < 4.78 is 5.96. The van der Waals surface area contributed by atoms with Crippen molar-refractivity contribution in [1.29, 1.82) is 0 Å². The molecule has 0 unspecified atom stereocenters. The first-order chi connectivity index (χ1) is 8.53. The van der Waals surface area contributed by atoms with Crippen LogP contribution >= 0.6 is 0 Å². The number of carboxylic acid groups (broad SMARTS) is 1. The first-order valence-electron chi connectivity index (χ1n) is 6.74. The zero-order valence-corrected chi connectivity index (χ0v) is 10.6. The summed E-state index contributed by atoms with van der Waals surface area (Å²) in [5, 5.41) is 10.8. The van der Waals surface area contributed by atoms with Gasteiger partial charge < -0.3 is 19.5 Å². The summed E-state index contributed by atoms with van der Waals surface area (Å²) in [5.74, 6) is -2.09. The van der Waals surface area contributed by atoms with Crippen LogP contribution in [0.25, 0.3) is 0 Å². The summed E-state index contributed by atoms with van der Waals surface area (Å²) in [7, 11) is 0. The van der Waals surface area contributed by atoms with E-state index < -0.39 is 17.6 Å². The van der Waals surface area contributed by atoms with E-state index >= 15 is 0 Å². The second-order valence-electron chi connectivity index (χ2n) is 5.80. The van der Waals surface area contributed by atoms with Crippen molar-refractivity contribution < 1.29 is 19.4 Å². The molecular formula is C13H18NO4-. The highest BCUT2D eigenvalue weighted by molar-refractivity contribution is 5.89. The minimum Gasteiger partial charge on any atom is -0.550 e. The fourth-order valence-electron chi connectivity index (χ4n) is 3.43. The second kappa shape index (κ2) is 3.95. The monoisotopic (exact) mass is 252 g/mol. The molecule has 2 saturated carbocycles. The van der Waals surface area contributed by atoms with Crippen molar-refractivity contribution in [2.24, 2.45) is 11.8 Å². The van der Waals surface area contributed by atoms with Crippen molar-refractivity contribution in [3.63, 3.8) is 0 Å². The number of carbonyl (C=O) groups excluding carboxylic acids is 2. The summed E-state index contributed by atoms with van der Waals surface area (Å²) in [4.78, 5) is 24.9. The van der Waals surface area contributed by atoms with Crippen LogP contribution in [0.15, 0.2) is 0 Å². The van der Waals surface area contributed by atoms with Crippen LogP contribution in [0.2, 0.25) is 0 Å². The van der Waals surface area contributed by atoms with Gasteiger partial charge in [0.05, 0.1) is 6.10 Å². The molecule has 1 aliphatic heterocycles. The molecule has 0 aromatic carbocycles.